The number of para-hydroxylation sites is 1. The van der Waals surface area contributed by atoms with Gasteiger partial charge in [0.15, 0.2) is 0 Å². The molecule has 38 heavy (non-hydrogen) atoms. The fraction of sp³-hybridized carbons (Fsp3) is 0.500. The van der Waals surface area contributed by atoms with Gasteiger partial charge in [-0.05, 0) is 36.0 Å². The van der Waals surface area contributed by atoms with Crippen molar-refractivity contribution in [2.24, 2.45) is 23.7 Å². The molecule has 0 saturated carbocycles. The summed E-state index contributed by atoms with van der Waals surface area (Å²) in [4.78, 5) is 43.7. The van der Waals surface area contributed by atoms with Crippen LogP contribution in [0.5, 0.6) is 0 Å². The summed E-state index contributed by atoms with van der Waals surface area (Å²) in [5, 5.41) is 16.5. The number of aliphatic hydroxyl groups is 1. The quantitative estimate of drug-likeness (QED) is 0.455. The summed E-state index contributed by atoms with van der Waals surface area (Å²) >= 11 is 1.65. The normalized spacial score (nSPS) is 31.1. The van der Waals surface area contributed by atoms with Crippen LogP contribution < -0.4 is 10.6 Å². The number of nitrogens with zero attached hydrogens (tertiary/aromatic N) is 1. The highest BCUT2D eigenvalue weighted by Crippen LogP contribution is 2.69. The second-order valence-corrected chi connectivity index (χ2v) is 12.5. The second-order valence-electron chi connectivity index (χ2n) is 11.0. The number of nitrogens with one attached hydrogen (secondary N) is 2. The number of fused-ring (bicyclic) bond motifs is 1. The third-order valence-corrected chi connectivity index (χ3v) is 11.0. The molecular weight excluding hydrogens is 498 g/mol. The summed E-state index contributed by atoms with van der Waals surface area (Å²) in [6.45, 7) is 6.27. The average Bonchev–Trinajstić information content (AvgIpc) is 3.52. The molecular formula is C30H37N3O4S. The summed E-state index contributed by atoms with van der Waals surface area (Å²) in [7, 11) is 0. The third kappa shape index (κ3) is 4.31. The molecule has 3 aliphatic heterocycles. The van der Waals surface area contributed by atoms with Gasteiger partial charge in [0.25, 0.3) is 0 Å². The van der Waals surface area contributed by atoms with E-state index in [2.05, 4.69) is 17.6 Å². The monoisotopic (exact) mass is 535 g/mol. The van der Waals surface area contributed by atoms with Crippen molar-refractivity contribution < 1.29 is 19.5 Å². The van der Waals surface area contributed by atoms with Crippen LogP contribution in [0.4, 0.5) is 5.69 Å². The van der Waals surface area contributed by atoms with E-state index in [1.807, 2.05) is 74.5 Å². The minimum atomic E-state index is -0.755. The topological polar surface area (TPSA) is 98.7 Å². The molecule has 3 N–H and O–H groups in total. The minimum Gasteiger partial charge on any atom is -0.394 e. The molecule has 3 heterocycles. The Morgan fingerprint density at radius 3 is 2.39 bits per heavy atom. The highest BCUT2D eigenvalue weighted by Gasteiger charge is 2.76. The zero-order valence-electron chi connectivity index (χ0n) is 22.2. The first-order valence-corrected chi connectivity index (χ1v) is 14.5. The van der Waals surface area contributed by atoms with E-state index in [1.54, 1.807) is 16.7 Å². The van der Waals surface area contributed by atoms with Crippen LogP contribution in [-0.4, -0.2) is 56.4 Å². The van der Waals surface area contributed by atoms with Gasteiger partial charge < -0.3 is 20.6 Å². The van der Waals surface area contributed by atoms with E-state index >= 15 is 0 Å². The van der Waals surface area contributed by atoms with E-state index in [-0.39, 0.29) is 41.4 Å². The van der Waals surface area contributed by atoms with Gasteiger partial charge in [0.1, 0.15) is 6.04 Å². The molecule has 8 atom stereocenters. The Kier molecular flexibility index (Phi) is 7.56. The molecule has 2 bridgehead atoms. The van der Waals surface area contributed by atoms with E-state index in [0.717, 1.165) is 18.4 Å². The van der Waals surface area contributed by atoms with Crippen molar-refractivity contribution in [2.45, 2.75) is 62.2 Å². The number of hydrogen-bond acceptors (Lipinski definition) is 5. The highest BCUT2D eigenvalue weighted by atomic mass is 32.2. The number of likely N-dealkylation sites (tertiary alicyclic amines) is 1. The van der Waals surface area contributed by atoms with E-state index in [0.29, 0.717) is 12.2 Å². The molecule has 7 nitrogen and oxygen atoms in total. The molecule has 0 radical (unpaired) electrons. The number of aliphatic hydroxyl groups excluding tert-OH is 1. The molecule has 0 aliphatic carbocycles. The number of benzene rings is 2. The van der Waals surface area contributed by atoms with Crippen LogP contribution >= 0.6 is 11.8 Å². The first-order valence-electron chi connectivity index (χ1n) is 13.6. The predicted octanol–water partition coefficient (Wildman–Crippen LogP) is 3.69. The molecule has 202 valence electrons. The first-order chi connectivity index (χ1) is 18.3. The van der Waals surface area contributed by atoms with Crippen molar-refractivity contribution in [2.75, 3.05) is 11.9 Å². The van der Waals surface area contributed by atoms with Gasteiger partial charge in [-0.15, -0.1) is 11.8 Å². The summed E-state index contributed by atoms with van der Waals surface area (Å²) in [5.74, 6) is -1.64. The van der Waals surface area contributed by atoms with Crippen molar-refractivity contribution in [1.82, 2.24) is 10.2 Å². The van der Waals surface area contributed by atoms with Crippen LogP contribution in [0.3, 0.4) is 0 Å². The van der Waals surface area contributed by atoms with Crippen molar-refractivity contribution in [3.05, 3.63) is 66.2 Å². The SMILES string of the molecule is CC[C@H](C)[C@H](CO)N1C(=O)[C@@H]2[C@H](C(=O)Nc3ccccc3)[C@@H]3CC(C)C2(S3)C1C(=O)NCc1ccccc1. The van der Waals surface area contributed by atoms with Crippen LogP contribution in [0.2, 0.25) is 0 Å². The number of hydrogen-bond donors (Lipinski definition) is 3. The lowest BCUT2D eigenvalue weighted by molar-refractivity contribution is -0.143. The maximum Gasteiger partial charge on any atom is 0.244 e. The Morgan fingerprint density at radius 2 is 1.76 bits per heavy atom. The molecule has 3 unspecified atom stereocenters. The second kappa shape index (κ2) is 10.7. The number of thioether (sulfide) groups is 1. The fourth-order valence-corrected chi connectivity index (χ4v) is 9.27. The molecule has 3 saturated heterocycles. The Morgan fingerprint density at radius 1 is 1.11 bits per heavy atom. The Bertz CT molecular complexity index is 1180. The summed E-state index contributed by atoms with van der Waals surface area (Å²) < 4.78 is -0.720. The first kappa shape index (κ1) is 26.8. The number of carbonyl (C=O) groups is 3. The molecule has 8 heteroatoms. The molecule has 0 aromatic heterocycles. The summed E-state index contributed by atoms with van der Waals surface area (Å²) in [5.41, 5.74) is 1.67. The smallest absolute Gasteiger partial charge is 0.244 e. The van der Waals surface area contributed by atoms with Gasteiger partial charge in [-0.1, -0.05) is 75.7 Å². The van der Waals surface area contributed by atoms with E-state index in [9.17, 15) is 19.5 Å². The van der Waals surface area contributed by atoms with Gasteiger partial charge in [0.05, 0.1) is 29.2 Å². The minimum absolute atomic E-state index is 0.00213. The predicted molar refractivity (Wildman–Crippen MR) is 149 cm³/mol. The van der Waals surface area contributed by atoms with E-state index in [4.69, 9.17) is 0 Å². The largest absolute Gasteiger partial charge is 0.394 e. The van der Waals surface area contributed by atoms with E-state index in [1.165, 1.54) is 0 Å². The highest BCUT2D eigenvalue weighted by molar-refractivity contribution is 8.02. The lowest BCUT2D eigenvalue weighted by atomic mass is 9.66. The van der Waals surface area contributed by atoms with Crippen LogP contribution in [0.1, 0.15) is 39.2 Å². The number of carbonyl (C=O) groups excluding carboxylic acids is 3. The van der Waals surface area contributed by atoms with Crippen molar-refractivity contribution in [1.29, 1.82) is 0 Å². The molecule has 5 rings (SSSR count). The summed E-state index contributed by atoms with van der Waals surface area (Å²) in [6.07, 6.45) is 1.53. The summed E-state index contributed by atoms with van der Waals surface area (Å²) in [6, 6.07) is 17.7. The van der Waals surface area contributed by atoms with Crippen molar-refractivity contribution in [3.63, 3.8) is 0 Å². The molecule has 3 fully saturated rings. The molecule has 2 aromatic carbocycles. The van der Waals surface area contributed by atoms with Crippen LogP contribution in [0.15, 0.2) is 60.7 Å². The number of anilines is 1. The van der Waals surface area contributed by atoms with Crippen LogP contribution in [0.25, 0.3) is 0 Å². The number of rotatable bonds is 9. The van der Waals surface area contributed by atoms with Gasteiger partial charge in [-0.25, -0.2) is 0 Å². The van der Waals surface area contributed by atoms with E-state index < -0.39 is 28.7 Å². The van der Waals surface area contributed by atoms with Gasteiger partial charge in [-0.3, -0.25) is 14.4 Å². The zero-order valence-corrected chi connectivity index (χ0v) is 23.0. The van der Waals surface area contributed by atoms with Gasteiger partial charge >= 0.3 is 0 Å². The van der Waals surface area contributed by atoms with Crippen LogP contribution in [-0.2, 0) is 20.9 Å². The Balaban J connectivity index is 1.51. The van der Waals surface area contributed by atoms with Crippen LogP contribution in [0, 0.1) is 23.7 Å². The van der Waals surface area contributed by atoms with Crippen molar-refractivity contribution in [3.8, 4) is 0 Å². The Labute approximate surface area is 228 Å². The zero-order chi connectivity index (χ0) is 27.0. The standard InChI is InChI=1S/C30H37N3O4S/c1-4-18(2)22(17-34)33-26(28(36)31-16-20-11-7-5-8-12-20)30-19(3)15-23(38-30)24(25(30)29(33)37)27(35)32-21-13-9-6-10-14-21/h5-14,18-19,22-26,34H,4,15-17H2,1-3H3,(H,31,36)(H,32,35)/t18-,19?,22-,23-,24+,25-,26?,30?/m0/s1. The van der Waals surface area contributed by atoms with Gasteiger partial charge in [0, 0.05) is 17.5 Å². The number of amides is 3. The lowest BCUT2D eigenvalue weighted by Gasteiger charge is -2.41. The molecule has 3 amide bonds. The van der Waals surface area contributed by atoms with Gasteiger partial charge in [0.2, 0.25) is 17.7 Å². The third-order valence-electron chi connectivity index (χ3n) is 8.93. The molecule has 1 spiro atoms. The molecule has 3 aliphatic rings. The lowest BCUT2D eigenvalue weighted by Crippen LogP contribution is -2.59. The van der Waals surface area contributed by atoms with Gasteiger partial charge in [-0.2, -0.15) is 0 Å². The maximum atomic E-state index is 14.3. The Hall–Kier alpha value is -2.84. The van der Waals surface area contributed by atoms with Crippen molar-refractivity contribution >= 4 is 35.2 Å². The fourth-order valence-electron chi connectivity index (χ4n) is 6.86. The maximum absolute atomic E-state index is 14.3. The molecule has 2 aromatic rings. The average molecular weight is 536 g/mol.